The van der Waals surface area contributed by atoms with Gasteiger partial charge >= 0.3 is 6.85 Å². The van der Waals surface area contributed by atoms with Gasteiger partial charge in [0, 0.05) is 35.1 Å². The smallest absolute Gasteiger partial charge is 0.327 e. The average Bonchev–Trinajstić information content (AvgIpc) is 1.53. The lowest BCUT2D eigenvalue weighted by Crippen LogP contribution is -2.53. The van der Waals surface area contributed by atoms with Gasteiger partial charge in [0.05, 0.1) is 64.8 Å². The molecular weight excluding hydrogens is 1250 g/mol. The minimum Gasteiger partial charge on any atom is -0.493 e. The van der Waals surface area contributed by atoms with Crippen molar-refractivity contribution < 1.29 is 9.47 Å². The van der Waals surface area contributed by atoms with Crippen LogP contribution in [0.1, 0.15) is 245 Å². The standard InChI is InChI=1S/C91H113BN8O2/c1-7-11-15-19-23-25-29-35-47-70(45-33-27-21-17-13-9-3)68-101-76-61-57-72(58-62-76)88-85-86(90(99(88)6)78(65-93)83-66-95-79-53-41-43-55-81(79)97-83)89(73-59-63-77(64-60-73)102-69-71(46-34-28-22-18-14-10-4)48-36-30-26-24-20-16-12-8-2)100(92(74-49-37-31-38-50-74)75-51-39-32-40-52-75)91(85)87(94-5)84-67-96-80-54-42-44-56-82(80)98-84/h31-32,37-44,49-64,66-67,70-71H,7-30,33-36,45-48,68-69H2,1-4,6H3/b90-78-,91-87+. The Labute approximate surface area is 611 Å². The summed E-state index contributed by atoms with van der Waals surface area (Å²) in [6.07, 6.45) is 44.5. The molecule has 0 spiro atoms. The molecule has 4 heterocycles. The van der Waals surface area contributed by atoms with Gasteiger partial charge in [0.25, 0.3) is 0 Å². The monoisotopic (exact) mass is 1360 g/mol. The maximum Gasteiger partial charge on any atom is 0.327 e. The minimum atomic E-state index is -0.507. The molecule has 2 unspecified atom stereocenters. The SMILES string of the molecule is [C-]#[N+]/C(c1cnc2ccccc2n1)=c1\c2c(-c3ccc(OCC(CCCCCCCC)CCCCCCCCCC)cc3)n(C)/c(=C(/C#N)c3cnc4ccccc4n3)c2c(-c2ccc(OCC(CCCCCCCC)CCCCCCCCCC)cc2)n1B(c1ccccc1)c1ccccc1. The highest BCUT2D eigenvalue weighted by Gasteiger charge is 2.34. The summed E-state index contributed by atoms with van der Waals surface area (Å²) in [6, 6.07) is 56.8. The van der Waals surface area contributed by atoms with Gasteiger partial charge in [0.2, 0.25) is 5.70 Å². The third-order valence-electron chi connectivity index (χ3n) is 21.0. The molecule has 0 amide bonds. The van der Waals surface area contributed by atoms with Gasteiger partial charge < -0.3 is 18.5 Å². The second kappa shape index (κ2) is 41.3. The maximum absolute atomic E-state index is 12.1. The predicted octanol–water partition coefficient (Wildman–Crippen LogP) is 22.2. The first-order valence-corrected chi connectivity index (χ1v) is 39.7. The van der Waals surface area contributed by atoms with Crippen molar-refractivity contribution in [3.63, 3.8) is 0 Å². The number of ether oxygens (including phenoxy) is 2. The normalized spacial score (nSPS) is 12.7. The largest absolute Gasteiger partial charge is 0.493 e. The summed E-state index contributed by atoms with van der Waals surface area (Å²) in [6.45, 7) is 19.6. The number of hydrogen-bond acceptors (Lipinski definition) is 7. The van der Waals surface area contributed by atoms with Gasteiger partial charge in [0.1, 0.15) is 28.8 Å². The van der Waals surface area contributed by atoms with Crippen LogP contribution in [0.25, 0.3) is 71.5 Å². The van der Waals surface area contributed by atoms with Crippen LogP contribution in [0, 0.1) is 29.7 Å². The van der Waals surface area contributed by atoms with E-state index in [1.165, 1.54) is 205 Å². The first kappa shape index (κ1) is 75.9. The second-order valence-corrected chi connectivity index (χ2v) is 28.8. The molecule has 532 valence electrons. The fourth-order valence-corrected chi connectivity index (χ4v) is 15.3. The summed E-state index contributed by atoms with van der Waals surface area (Å²) in [7, 11) is 2.06. The Hall–Kier alpha value is -8.80. The lowest BCUT2D eigenvalue weighted by Gasteiger charge is -2.23. The van der Waals surface area contributed by atoms with E-state index < -0.39 is 6.85 Å². The highest BCUT2D eigenvalue weighted by Crippen LogP contribution is 2.38. The van der Waals surface area contributed by atoms with Crippen LogP contribution in [0.15, 0.2) is 170 Å². The van der Waals surface area contributed by atoms with Gasteiger partial charge in [-0.15, -0.1) is 0 Å². The van der Waals surface area contributed by atoms with E-state index in [-0.39, 0.29) is 0 Å². The lowest BCUT2D eigenvalue weighted by molar-refractivity contribution is 0.224. The van der Waals surface area contributed by atoms with Crippen LogP contribution >= 0.6 is 0 Å². The van der Waals surface area contributed by atoms with Crippen molar-refractivity contribution in [2.24, 2.45) is 18.9 Å². The fourth-order valence-electron chi connectivity index (χ4n) is 15.3. The van der Waals surface area contributed by atoms with Crippen LogP contribution in [0.4, 0.5) is 0 Å². The second-order valence-electron chi connectivity index (χ2n) is 28.8. The molecule has 10 nitrogen and oxygen atoms in total. The zero-order valence-electron chi connectivity index (χ0n) is 62.3. The fraction of sp³-hybridized carbons (Fsp3) is 0.451. The van der Waals surface area contributed by atoms with Crippen molar-refractivity contribution >= 4 is 61.9 Å². The van der Waals surface area contributed by atoms with Crippen LogP contribution in [-0.2, 0) is 7.05 Å². The quantitative estimate of drug-likeness (QED) is 0.0212. The molecule has 0 saturated heterocycles. The highest BCUT2D eigenvalue weighted by molar-refractivity contribution is 6.84. The van der Waals surface area contributed by atoms with Crippen molar-refractivity contribution in [2.75, 3.05) is 13.2 Å². The number of benzene rings is 6. The molecule has 0 aliphatic heterocycles. The molecule has 0 bridgehead atoms. The van der Waals surface area contributed by atoms with E-state index in [0.29, 0.717) is 69.4 Å². The number of aromatic nitrogens is 6. The Morgan fingerprint density at radius 1 is 0.431 bits per heavy atom. The molecule has 10 aromatic rings. The van der Waals surface area contributed by atoms with Crippen molar-refractivity contribution in [1.82, 2.24) is 29.0 Å². The molecule has 2 atom stereocenters. The molecule has 0 aliphatic rings. The number of fused-ring (bicyclic) bond motifs is 3. The molecule has 0 saturated carbocycles. The van der Waals surface area contributed by atoms with E-state index in [2.05, 4.69) is 164 Å². The number of para-hydroxylation sites is 4. The Morgan fingerprint density at radius 2 is 0.784 bits per heavy atom. The first-order valence-electron chi connectivity index (χ1n) is 39.7. The number of hydrogen-bond donors (Lipinski definition) is 0. The molecular formula is C91H113BN8O2. The molecule has 102 heavy (non-hydrogen) atoms. The zero-order valence-corrected chi connectivity index (χ0v) is 62.3. The number of nitrogens with zero attached hydrogens (tertiary/aromatic N) is 8. The molecule has 4 aromatic heterocycles. The Bertz CT molecular complexity index is 4340. The van der Waals surface area contributed by atoms with Gasteiger partial charge in [-0.3, -0.25) is 15.0 Å². The third kappa shape index (κ3) is 20.7. The van der Waals surface area contributed by atoms with Crippen LogP contribution in [0.2, 0.25) is 0 Å². The molecule has 6 aromatic carbocycles. The van der Waals surface area contributed by atoms with Crippen LogP contribution in [-0.4, -0.2) is 49.0 Å². The van der Waals surface area contributed by atoms with E-state index in [0.717, 1.165) is 66.7 Å². The van der Waals surface area contributed by atoms with Gasteiger partial charge in [-0.25, -0.2) is 9.83 Å². The summed E-state index contributed by atoms with van der Waals surface area (Å²) < 4.78 is 18.4. The molecule has 10 rings (SSSR count). The maximum atomic E-state index is 12.1. The van der Waals surface area contributed by atoms with E-state index >= 15 is 0 Å². The van der Waals surface area contributed by atoms with Crippen molar-refractivity contribution in [1.29, 1.82) is 5.26 Å². The Morgan fingerprint density at radius 3 is 1.19 bits per heavy atom. The lowest BCUT2D eigenvalue weighted by atomic mass is 9.50. The molecule has 0 N–H and O–H groups in total. The Balaban J connectivity index is 1.17. The van der Waals surface area contributed by atoms with Crippen molar-refractivity contribution in [3.8, 4) is 40.1 Å². The van der Waals surface area contributed by atoms with E-state index in [4.69, 9.17) is 29.4 Å². The van der Waals surface area contributed by atoms with Crippen molar-refractivity contribution in [2.45, 2.75) is 233 Å². The molecule has 0 radical (unpaired) electrons. The van der Waals surface area contributed by atoms with Crippen LogP contribution in [0.3, 0.4) is 0 Å². The average molecular weight is 1360 g/mol. The summed E-state index contributed by atoms with van der Waals surface area (Å²) in [5, 5.41) is 14.9. The topological polar surface area (TPSA) is 108 Å². The van der Waals surface area contributed by atoms with Gasteiger partial charge in [0.15, 0.2) is 0 Å². The van der Waals surface area contributed by atoms with Gasteiger partial charge in [-0.1, -0.05) is 303 Å². The molecule has 0 fully saturated rings. The van der Waals surface area contributed by atoms with E-state index in [1.807, 2.05) is 48.5 Å². The van der Waals surface area contributed by atoms with Gasteiger partial charge in [-0.05, 0) is 121 Å². The van der Waals surface area contributed by atoms with E-state index in [1.54, 1.807) is 12.4 Å². The molecule has 0 aliphatic carbocycles. The number of unbranched alkanes of at least 4 members (excludes halogenated alkanes) is 24. The van der Waals surface area contributed by atoms with Crippen LogP contribution in [0.5, 0.6) is 11.5 Å². The molecule has 11 heteroatoms. The minimum absolute atomic E-state index is 0.324. The summed E-state index contributed by atoms with van der Waals surface area (Å²) in [4.78, 5) is 25.1. The van der Waals surface area contributed by atoms with Crippen LogP contribution < -0.4 is 31.1 Å². The van der Waals surface area contributed by atoms with E-state index in [9.17, 15) is 11.8 Å². The summed E-state index contributed by atoms with van der Waals surface area (Å²) in [5.74, 6) is 2.58. The number of rotatable bonds is 45. The zero-order chi connectivity index (χ0) is 70.9. The van der Waals surface area contributed by atoms with Gasteiger partial charge in [-0.2, -0.15) is 5.26 Å². The predicted molar refractivity (Wildman–Crippen MR) is 429 cm³/mol. The van der Waals surface area contributed by atoms with Crippen molar-refractivity contribution in [3.05, 3.63) is 204 Å². The summed E-state index contributed by atoms with van der Waals surface area (Å²) >= 11 is 0. The highest BCUT2D eigenvalue weighted by atomic mass is 16.5. The third-order valence-corrected chi connectivity index (χ3v) is 21.0. The Kier molecular flexibility index (Phi) is 30.7. The summed E-state index contributed by atoms with van der Waals surface area (Å²) in [5.41, 5.74) is 9.85. The number of nitriles is 1. The first-order chi connectivity index (χ1) is 50.4.